The van der Waals surface area contributed by atoms with Crippen LogP contribution in [0.2, 0.25) is 0 Å². The molecule has 3 rings (SSSR count). The van der Waals surface area contributed by atoms with Crippen molar-refractivity contribution in [3.8, 4) is 0 Å². The molecule has 0 aliphatic carbocycles. The first-order valence-electron chi connectivity index (χ1n) is 8.95. The van der Waals surface area contributed by atoms with Crippen LogP contribution in [0, 0.1) is 6.92 Å². The molecule has 1 aliphatic heterocycles. The fourth-order valence-corrected chi connectivity index (χ4v) is 3.47. The summed E-state index contributed by atoms with van der Waals surface area (Å²) in [5.74, 6) is 2.03. The van der Waals surface area contributed by atoms with Crippen molar-refractivity contribution in [2.75, 3.05) is 26.7 Å². The summed E-state index contributed by atoms with van der Waals surface area (Å²) in [4.78, 5) is 5.03. The maximum Gasteiger partial charge on any atom is 0.146 e. The van der Waals surface area contributed by atoms with Gasteiger partial charge in [0.15, 0.2) is 0 Å². The van der Waals surface area contributed by atoms with E-state index in [0.29, 0.717) is 6.04 Å². The average Bonchev–Trinajstić information content (AvgIpc) is 3.18. The Morgan fingerprint density at radius 1 is 1.21 bits per heavy atom. The Kier molecular flexibility index (Phi) is 5.63. The third-order valence-electron chi connectivity index (χ3n) is 5.23. The van der Waals surface area contributed by atoms with E-state index >= 15 is 0 Å². The van der Waals surface area contributed by atoms with Crippen molar-refractivity contribution >= 4 is 0 Å². The summed E-state index contributed by atoms with van der Waals surface area (Å²) in [7, 11) is 4.26. The lowest BCUT2D eigenvalue weighted by Crippen LogP contribution is -2.35. The van der Waals surface area contributed by atoms with E-state index < -0.39 is 0 Å². The van der Waals surface area contributed by atoms with Crippen LogP contribution >= 0.6 is 0 Å². The van der Waals surface area contributed by atoms with Gasteiger partial charge in [-0.3, -0.25) is 4.90 Å². The number of aromatic nitrogens is 3. The van der Waals surface area contributed by atoms with Crippen LogP contribution in [0.4, 0.5) is 0 Å². The highest BCUT2D eigenvalue weighted by Gasteiger charge is 2.26. The van der Waals surface area contributed by atoms with E-state index in [-0.39, 0.29) is 0 Å². The zero-order chi connectivity index (χ0) is 16.9. The minimum Gasteiger partial charge on any atom is -0.317 e. The first-order chi connectivity index (χ1) is 11.6. The molecule has 0 spiro atoms. The van der Waals surface area contributed by atoms with Crippen molar-refractivity contribution < 1.29 is 0 Å². The van der Waals surface area contributed by atoms with Gasteiger partial charge in [0.2, 0.25) is 0 Å². The molecular weight excluding hydrogens is 298 g/mol. The summed E-state index contributed by atoms with van der Waals surface area (Å²) in [6, 6.07) is 11.4. The molecule has 1 unspecified atom stereocenters. The number of benzene rings is 1. The van der Waals surface area contributed by atoms with Gasteiger partial charge in [0.05, 0.1) is 6.54 Å². The molecule has 1 aliphatic rings. The molecule has 1 aromatic heterocycles. The summed E-state index contributed by atoms with van der Waals surface area (Å²) < 4.78 is 2.09. The molecule has 0 N–H and O–H groups in total. The molecule has 5 heteroatoms. The van der Waals surface area contributed by atoms with Gasteiger partial charge in [0, 0.05) is 19.6 Å². The van der Waals surface area contributed by atoms with E-state index in [1.165, 1.54) is 44.5 Å². The van der Waals surface area contributed by atoms with Crippen LogP contribution in [-0.4, -0.2) is 57.3 Å². The fraction of sp³-hybridized carbons (Fsp3) is 0.579. The number of hydrogen-bond donors (Lipinski definition) is 0. The summed E-state index contributed by atoms with van der Waals surface area (Å²) in [6.45, 7) is 6.45. The maximum absolute atomic E-state index is 4.29. The van der Waals surface area contributed by atoms with Gasteiger partial charge in [0.1, 0.15) is 11.6 Å². The molecule has 0 amide bonds. The molecule has 130 valence electrons. The normalized spacial score (nSPS) is 18.6. The van der Waals surface area contributed by atoms with Crippen molar-refractivity contribution in [3.63, 3.8) is 0 Å². The number of aryl methyl sites for hydroxylation is 2. The predicted octanol–water partition coefficient (Wildman–Crippen LogP) is 2.26. The number of rotatable bonds is 7. The van der Waals surface area contributed by atoms with Crippen LogP contribution < -0.4 is 0 Å². The molecule has 24 heavy (non-hydrogen) atoms. The molecule has 1 fully saturated rings. The van der Waals surface area contributed by atoms with E-state index in [1.807, 2.05) is 14.0 Å². The summed E-state index contributed by atoms with van der Waals surface area (Å²) in [5.41, 5.74) is 1.45. The highest BCUT2D eigenvalue weighted by molar-refractivity contribution is 5.14. The highest BCUT2D eigenvalue weighted by atomic mass is 15.3. The molecule has 1 saturated heterocycles. The van der Waals surface area contributed by atoms with Crippen LogP contribution in [0.15, 0.2) is 30.3 Å². The van der Waals surface area contributed by atoms with Gasteiger partial charge in [-0.05, 0) is 51.9 Å². The Hall–Kier alpha value is -1.72. The SMILES string of the molecule is Cc1nnc(CN(C)C2CCN(CCCc3ccccc3)C2)n1C. The summed E-state index contributed by atoms with van der Waals surface area (Å²) >= 11 is 0. The molecule has 2 heterocycles. The lowest BCUT2D eigenvalue weighted by molar-refractivity contribution is 0.218. The molecule has 5 nitrogen and oxygen atoms in total. The number of likely N-dealkylation sites (N-methyl/N-ethyl adjacent to an activating group) is 1. The Labute approximate surface area is 145 Å². The molecule has 0 saturated carbocycles. The van der Waals surface area contributed by atoms with E-state index in [2.05, 4.69) is 61.9 Å². The minimum absolute atomic E-state index is 0.624. The van der Waals surface area contributed by atoms with Gasteiger partial charge in [0.25, 0.3) is 0 Å². The minimum atomic E-state index is 0.624. The Bertz CT molecular complexity index is 636. The van der Waals surface area contributed by atoms with Gasteiger partial charge in [-0.1, -0.05) is 30.3 Å². The number of hydrogen-bond acceptors (Lipinski definition) is 4. The summed E-state index contributed by atoms with van der Waals surface area (Å²) in [6.07, 6.45) is 3.66. The molecule has 0 bridgehead atoms. The second kappa shape index (κ2) is 7.90. The predicted molar refractivity (Wildman–Crippen MR) is 96.8 cm³/mol. The lowest BCUT2D eigenvalue weighted by Gasteiger charge is -2.24. The molecule has 0 radical (unpaired) electrons. The van der Waals surface area contributed by atoms with E-state index in [4.69, 9.17) is 0 Å². The average molecular weight is 327 g/mol. The zero-order valence-electron chi connectivity index (χ0n) is 15.1. The highest BCUT2D eigenvalue weighted by Crippen LogP contribution is 2.17. The standard InChI is InChI=1S/C19H29N5/c1-16-20-21-19(23(16)3)15-22(2)18-11-13-24(14-18)12-7-10-17-8-5-4-6-9-17/h4-6,8-9,18H,7,10-15H2,1-3H3. The molecule has 1 atom stereocenters. The maximum atomic E-state index is 4.29. The molecule has 1 aromatic carbocycles. The zero-order valence-corrected chi connectivity index (χ0v) is 15.1. The Balaban J connectivity index is 1.42. The van der Waals surface area contributed by atoms with Crippen LogP contribution in [0.25, 0.3) is 0 Å². The second-order valence-electron chi connectivity index (χ2n) is 6.97. The van der Waals surface area contributed by atoms with Gasteiger partial charge in [-0.2, -0.15) is 0 Å². The van der Waals surface area contributed by atoms with Crippen LogP contribution in [0.5, 0.6) is 0 Å². The van der Waals surface area contributed by atoms with Gasteiger partial charge in [-0.25, -0.2) is 0 Å². The third kappa shape index (κ3) is 4.22. The first kappa shape index (κ1) is 17.1. The van der Waals surface area contributed by atoms with Crippen LogP contribution in [0.1, 0.15) is 30.1 Å². The van der Waals surface area contributed by atoms with Crippen molar-refractivity contribution in [3.05, 3.63) is 47.5 Å². The monoisotopic (exact) mass is 327 g/mol. The lowest BCUT2D eigenvalue weighted by atomic mass is 10.1. The van der Waals surface area contributed by atoms with Crippen molar-refractivity contribution in [2.45, 2.75) is 38.8 Å². The molecule has 2 aromatic rings. The largest absolute Gasteiger partial charge is 0.317 e. The second-order valence-corrected chi connectivity index (χ2v) is 6.97. The Morgan fingerprint density at radius 3 is 2.71 bits per heavy atom. The van der Waals surface area contributed by atoms with Gasteiger partial charge < -0.3 is 9.47 Å². The quantitative estimate of drug-likeness (QED) is 0.782. The molecular formula is C19H29N5. The topological polar surface area (TPSA) is 37.2 Å². The van der Waals surface area contributed by atoms with Crippen molar-refractivity contribution in [1.82, 2.24) is 24.6 Å². The number of nitrogens with zero attached hydrogens (tertiary/aromatic N) is 5. The number of likely N-dealkylation sites (tertiary alicyclic amines) is 1. The van der Waals surface area contributed by atoms with E-state index in [0.717, 1.165) is 18.2 Å². The fourth-order valence-electron chi connectivity index (χ4n) is 3.47. The smallest absolute Gasteiger partial charge is 0.146 e. The van der Waals surface area contributed by atoms with Gasteiger partial charge >= 0.3 is 0 Å². The summed E-state index contributed by atoms with van der Waals surface area (Å²) in [5, 5.41) is 8.44. The third-order valence-corrected chi connectivity index (χ3v) is 5.23. The van der Waals surface area contributed by atoms with E-state index in [9.17, 15) is 0 Å². The van der Waals surface area contributed by atoms with Crippen LogP contribution in [0.3, 0.4) is 0 Å². The first-order valence-corrected chi connectivity index (χ1v) is 8.95. The van der Waals surface area contributed by atoms with Crippen molar-refractivity contribution in [2.24, 2.45) is 7.05 Å². The van der Waals surface area contributed by atoms with Crippen LogP contribution in [-0.2, 0) is 20.0 Å². The van der Waals surface area contributed by atoms with E-state index in [1.54, 1.807) is 0 Å². The van der Waals surface area contributed by atoms with Gasteiger partial charge in [-0.15, -0.1) is 10.2 Å². The van der Waals surface area contributed by atoms with Crippen molar-refractivity contribution in [1.29, 1.82) is 0 Å². The Morgan fingerprint density at radius 2 is 2.00 bits per heavy atom.